The zero-order chi connectivity index (χ0) is 12.9. The fourth-order valence-corrected chi connectivity index (χ4v) is 2.23. The summed E-state index contributed by atoms with van der Waals surface area (Å²) in [5, 5.41) is 4.11. The lowest BCUT2D eigenvalue weighted by Crippen LogP contribution is -2.51. The molecule has 0 N–H and O–H groups in total. The van der Waals surface area contributed by atoms with Gasteiger partial charge < -0.3 is 4.90 Å². The number of halogens is 2. The van der Waals surface area contributed by atoms with Crippen molar-refractivity contribution >= 4 is 11.6 Å². The summed E-state index contributed by atoms with van der Waals surface area (Å²) in [5.41, 5.74) is 1.81. The van der Waals surface area contributed by atoms with Crippen molar-refractivity contribution in [1.29, 1.82) is 0 Å². The molecule has 7 heteroatoms. The molecule has 0 bridgehead atoms. The monoisotopic (exact) mass is 253 g/mol. The molecule has 0 radical (unpaired) electrons. The normalized spacial score (nSPS) is 16.6. The van der Waals surface area contributed by atoms with Crippen molar-refractivity contribution < 1.29 is 8.78 Å². The van der Waals surface area contributed by atoms with E-state index in [2.05, 4.69) is 15.1 Å². The molecule has 2 aromatic heterocycles. The van der Waals surface area contributed by atoms with Crippen molar-refractivity contribution in [2.75, 3.05) is 18.0 Å². The highest BCUT2D eigenvalue weighted by Gasteiger charge is 2.36. The van der Waals surface area contributed by atoms with Gasteiger partial charge in [-0.15, -0.1) is 0 Å². The number of hydrogen-bond acceptors (Lipinski definition) is 4. The van der Waals surface area contributed by atoms with Crippen molar-refractivity contribution in [2.24, 2.45) is 5.92 Å². The van der Waals surface area contributed by atoms with Crippen LogP contribution in [0.3, 0.4) is 0 Å². The highest BCUT2D eigenvalue weighted by atomic mass is 19.3. The Bertz CT molecular complexity index is 588. The van der Waals surface area contributed by atoms with Gasteiger partial charge in [0.15, 0.2) is 0 Å². The molecule has 0 unspecified atom stereocenters. The third kappa shape index (κ3) is 1.53. The molecule has 0 spiro atoms. The summed E-state index contributed by atoms with van der Waals surface area (Å²) in [4.78, 5) is 10.3. The van der Waals surface area contributed by atoms with Crippen LogP contribution in [0.5, 0.6) is 0 Å². The zero-order valence-electron chi connectivity index (χ0n) is 10.1. The molecular formula is C11H13F2N5. The maximum atomic E-state index is 12.5. The summed E-state index contributed by atoms with van der Waals surface area (Å²) < 4.78 is 26.7. The number of nitrogens with zero attached hydrogens (tertiary/aromatic N) is 5. The summed E-state index contributed by atoms with van der Waals surface area (Å²) in [6, 6.07) is 0. The van der Waals surface area contributed by atoms with Crippen molar-refractivity contribution in [3.63, 3.8) is 0 Å². The van der Waals surface area contributed by atoms with E-state index in [-0.39, 0.29) is 0 Å². The van der Waals surface area contributed by atoms with Gasteiger partial charge in [0.1, 0.15) is 12.1 Å². The number of aromatic nitrogens is 4. The number of fused-ring (bicyclic) bond motifs is 1. The van der Waals surface area contributed by atoms with Crippen LogP contribution in [0.4, 0.5) is 14.6 Å². The second-order valence-electron chi connectivity index (χ2n) is 4.62. The maximum Gasteiger partial charge on any atom is 0.254 e. The minimum atomic E-state index is -2.25. The van der Waals surface area contributed by atoms with Crippen LogP contribution < -0.4 is 4.90 Å². The average Bonchev–Trinajstić information content (AvgIpc) is 2.68. The Kier molecular flexibility index (Phi) is 2.42. The van der Waals surface area contributed by atoms with Crippen LogP contribution in [0.2, 0.25) is 0 Å². The van der Waals surface area contributed by atoms with Crippen molar-refractivity contribution in [2.45, 2.75) is 20.3 Å². The third-order valence-corrected chi connectivity index (χ3v) is 3.44. The molecule has 5 nitrogen and oxygen atoms in total. The topological polar surface area (TPSA) is 46.3 Å². The molecule has 96 valence electrons. The Morgan fingerprint density at radius 3 is 2.72 bits per heavy atom. The van der Waals surface area contributed by atoms with Crippen molar-refractivity contribution in [3.8, 4) is 0 Å². The van der Waals surface area contributed by atoms with Crippen LogP contribution in [0.15, 0.2) is 6.33 Å². The SMILES string of the molecule is Cc1nc2ncnn2c(N2CC(C(F)F)C2)c1C. The molecule has 0 atom stereocenters. The minimum Gasteiger partial charge on any atom is -0.355 e. The Morgan fingerprint density at radius 2 is 2.06 bits per heavy atom. The van der Waals surface area contributed by atoms with Gasteiger partial charge in [0.25, 0.3) is 5.78 Å². The Labute approximate surface area is 102 Å². The number of alkyl halides is 2. The summed E-state index contributed by atoms with van der Waals surface area (Å²) in [7, 11) is 0. The van der Waals surface area contributed by atoms with Gasteiger partial charge in [-0.25, -0.2) is 13.8 Å². The number of hydrogen-bond donors (Lipinski definition) is 0. The average molecular weight is 253 g/mol. The Morgan fingerprint density at radius 1 is 1.33 bits per heavy atom. The van der Waals surface area contributed by atoms with Crippen LogP contribution >= 0.6 is 0 Å². The molecule has 3 rings (SSSR count). The summed E-state index contributed by atoms with van der Waals surface area (Å²) >= 11 is 0. The van der Waals surface area contributed by atoms with Crippen LogP contribution in [0.25, 0.3) is 5.78 Å². The lowest BCUT2D eigenvalue weighted by molar-refractivity contribution is 0.0609. The Balaban J connectivity index is 2.01. The van der Waals surface area contributed by atoms with E-state index in [4.69, 9.17) is 0 Å². The molecule has 0 aliphatic carbocycles. The molecule has 2 aromatic rings. The van der Waals surface area contributed by atoms with Crippen LogP contribution in [0.1, 0.15) is 11.3 Å². The highest BCUT2D eigenvalue weighted by Crippen LogP contribution is 2.31. The maximum absolute atomic E-state index is 12.5. The first-order chi connectivity index (χ1) is 8.58. The molecule has 0 saturated carbocycles. The largest absolute Gasteiger partial charge is 0.355 e. The van der Waals surface area contributed by atoms with Gasteiger partial charge in [-0.05, 0) is 13.8 Å². The van der Waals surface area contributed by atoms with Crippen LogP contribution in [0, 0.1) is 19.8 Å². The van der Waals surface area contributed by atoms with Gasteiger partial charge in [0.2, 0.25) is 6.43 Å². The van der Waals surface area contributed by atoms with Gasteiger partial charge in [-0.1, -0.05) is 0 Å². The van der Waals surface area contributed by atoms with Gasteiger partial charge in [-0.2, -0.15) is 14.6 Å². The molecule has 1 fully saturated rings. The molecule has 3 heterocycles. The van der Waals surface area contributed by atoms with Crippen LogP contribution in [-0.4, -0.2) is 39.1 Å². The second kappa shape index (κ2) is 3.86. The fourth-order valence-electron chi connectivity index (χ4n) is 2.23. The standard InChI is InChI=1S/C11H13F2N5/c1-6-7(2)16-11-14-5-15-18(11)10(6)17-3-8(4-17)9(12)13/h5,8-9H,3-4H2,1-2H3. The predicted octanol–water partition coefficient (Wildman–Crippen LogP) is 1.44. The summed E-state index contributed by atoms with van der Waals surface area (Å²) in [6.45, 7) is 4.53. The van der Waals surface area contributed by atoms with Gasteiger partial charge in [-0.3, -0.25) is 0 Å². The first kappa shape index (κ1) is 11.3. The first-order valence-electron chi connectivity index (χ1n) is 5.78. The van der Waals surface area contributed by atoms with E-state index in [1.807, 2.05) is 18.7 Å². The number of anilines is 1. The van der Waals surface area contributed by atoms with Gasteiger partial charge in [0.05, 0.1) is 5.92 Å². The molecule has 0 amide bonds. The second-order valence-corrected chi connectivity index (χ2v) is 4.62. The molecule has 1 aliphatic rings. The van der Waals surface area contributed by atoms with Crippen molar-refractivity contribution in [3.05, 3.63) is 17.6 Å². The van der Waals surface area contributed by atoms with Gasteiger partial charge in [0, 0.05) is 24.3 Å². The summed E-state index contributed by atoms with van der Waals surface area (Å²) in [5.74, 6) is 0.789. The molecule has 18 heavy (non-hydrogen) atoms. The molecular weight excluding hydrogens is 240 g/mol. The predicted molar refractivity (Wildman–Crippen MR) is 62.0 cm³/mol. The smallest absolute Gasteiger partial charge is 0.254 e. The number of rotatable bonds is 2. The van der Waals surface area contributed by atoms with Crippen molar-refractivity contribution in [1.82, 2.24) is 19.6 Å². The third-order valence-electron chi connectivity index (χ3n) is 3.44. The van der Waals surface area contributed by atoms with E-state index in [1.54, 1.807) is 4.52 Å². The van der Waals surface area contributed by atoms with E-state index in [1.165, 1.54) is 6.33 Å². The Hall–Kier alpha value is -1.79. The molecule has 1 aliphatic heterocycles. The minimum absolute atomic E-state index is 0.358. The van der Waals surface area contributed by atoms with E-state index in [0.717, 1.165) is 17.1 Å². The highest BCUT2D eigenvalue weighted by molar-refractivity contribution is 5.55. The van der Waals surface area contributed by atoms with E-state index in [0.29, 0.717) is 18.9 Å². The molecule has 0 aromatic carbocycles. The summed E-state index contributed by atoms with van der Waals surface area (Å²) in [6.07, 6.45) is -0.828. The van der Waals surface area contributed by atoms with E-state index >= 15 is 0 Å². The lowest BCUT2D eigenvalue weighted by Gasteiger charge is -2.40. The first-order valence-corrected chi connectivity index (χ1v) is 5.78. The quantitative estimate of drug-likeness (QED) is 0.812. The number of aryl methyl sites for hydroxylation is 1. The van der Waals surface area contributed by atoms with Crippen LogP contribution in [-0.2, 0) is 0 Å². The zero-order valence-corrected chi connectivity index (χ0v) is 10.1. The van der Waals surface area contributed by atoms with E-state index in [9.17, 15) is 8.78 Å². The van der Waals surface area contributed by atoms with E-state index < -0.39 is 12.3 Å². The lowest BCUT2D eigenvalue weighted by atomic mass is 10.00. The molecule has 1 saturated heterocycles. The van der Waals surface area contributed by atoms with Gasteiger partial charge >= 0.3 is 0 Å². The fraction of sp³-hybridized carbons (Fsp3) is 0.545.